The SMILES string of the molecule is CCN(Cc1ccccc1)C(=O)C(C)Sc1nnc(-c2ccncc2)n1CC. The van der Waals surface area contributed by atoms with Crippen LogP contribution in [-0.2, 0) is 17.9 Å². The van der Waals surface area contributed by atoms with Crippen molar-refractivity contribution in [2.45, 2.75) is 44.3 Å². The van der Waals surface area contributed by atoms with E-state index in [-0.39, 0.29) is 11.2 Å². The topological polar surface area (TPSA) is 63.9 Å². The van der Waals surface area contributed by atoms with Crippen molar-refractivity contribution < 1.29 is 4.79 Å². The van der Waals surface area contributed by atoms with Gasteiger partial charge in [0.1, 0.15) is 0 Å². The Hall–Kier alpha value is -2.67. The predicted octanol–water partition coefficient (Wildman–Crippen LogP) is 3.89. The highest BCUT2D eigenvalue weighted by molar-refractivity contribution is 8.00. The molecule has 0 radical (unpaired) electrons. The lowest BCUT2D eigenvalue weighted by Gasteiger charge is -2.24. The molecule has 1 amide bonds. The second-order valence-electron chi connectivity index (χ2n) is 6.38. The molecule has 0 bridgehead atoms. The monoisotopic (exact) mass is 395 g/mol. The van der Waals surface area contributed by atoms with Crippen LogP contribution in [0.15, 0.2) is 60.0 Å². The van der Waals surface area contributed by atoms with Crippen molar-refractivity contribution in [3.63, 3.8) is 0 Å². The van der Waals surface area contributed by atoms with Gasteiger partial charge in [0.15, 0.2) is 11.0 Å². The van der Waals surface area contributed by atoms with Crippen molar-refractivity contribution in [2.75, 3.05) is 6.54 Å². The predicted molar refractivity (Wildman–Crippen MR) is 112 cm³/mol. The highest BCUT2D eigenvalue weighted by Crippen LogP contribution is 2.27. The fourth-order valence-electron chi connectivity index (χ4n) is 2.99. The number of rotatable bonds is 8. The zero-order valence-corrected chi connectivity index (χ0v) is 17.3. The third-order valence-electron chi connectivity index (χ3n) is 4.51. The van der Waals surface area contributed by atoms with E-state index in [1.54, 1.807) is 12.4 Å². The van der Waals surface area contributed by atoms with E-state index in [1.165, 1.54) is 11.8 Å². The van der Waals surface area contributed by atoms with Crippen LogP contribution in [0, 0.1) is 0 Å². The standard InChI is InChI=1S/C21H25N5OS/c1-4-25(15-17-9-7-6-8-10-17)20(27)16(3)28-21-24-23-19(26(21)5-2)18-11-13-22-14-12-18/h6-14,16H,4-5,15H2,1-3H3. The Balaban J connectivity index is 1.74. The van der Waals surface area contributed by atoms with Crippen molar-refractivity contribution in [3.8, 4) is 11.4 Å². The number of hydrogen-bond donors (Lipinski definition) is 0. The molecule has 0 aliphatic rings. The highest BCUT2D eigenvalue weighted by atomic mass is 32.2. The molecule has 3 rings (SSSR count). The van der Waals surface area contributed by atoms with Crippen molar-refractivity contribution >= 4 is 17.7 Å². The second-order valence-corrected chi connectivity index (χ2v) is 7.69. The van der Waals surface area contributed by atoms with Gasteiger partial charge < -0.3 is 9.47 Å². The van der Waals surface area contributed by atoms with Gasteiger partial charge in [-0.25, -0.2) is 0 Å². The van der Waals surface area contributed by atoms with E-state index in [4.69, 9.17) is 0 Å². The van der Waals surface area contributed by atoms with Crippen molar-refractivity contribution in [1.29, 1.82) is 0 Å². The smallest absolute Gasteiger partial charge is 0.236 e. The van der Waals surface area contributed by atoms with E-state index in [0.717, 1.165) is 28.7 Å². The molecule has 1 aromatic carbocycles. The van der Waals surface area contributed by atoms with E-state index in [0.29, 0.717) is 13.1 Å². The maximum atomic E-state index is 13.0. The molecule has 6 nitrogen and oxygen atoms in total. The highest BCUT2D eigenvalue weighted by Gasteiger charge is 2.24. The summed E-state index contributed by atoms with van der Waals surface area (Å²) in [5.41, 5.74) is 2.10. The zero-order valence-electron chi connectivity index (χ0n) is 16.4. The first-order chi connectivity index (χ1) is 13.6. The van der Waals surface area contributed by atoms with E-state index in [1.807, 2.05) is 65.8 Å². The molecule has 0 saturated carbocycles. The molecule has 146 valence electrons. The molecule has 3 aromatic rings. The molecule has 1 atom stereocenters. The van der Waals surface area contributed by atoms with Gasteiger partial charge in [-0.05, 0) is 38.5 Å². The minimum absolute atomic E-state index is 0.104. The molecule has 0 aliphatic heterocycles. The van der Waals surface area contributed by atoms with E-state index >= 15 is 0 Å². The Morgan fingerprint density at radius 2 is 1.82 bits per heavy atom. The summed E-state index contributed by atoms with van der Waals surface area (Å²) in [6.07, 6.45) is 3.48. The summed E-state index contributed by atoms with van der Waals surface area (Å²) in [4.78, 5) is 18.9. The summed E-state index contributed by atoms with van der Waals surface area (Å²) in [5, 5.41) is 9.19. The molecule has 0 aliphatic carbocycles. The molecular weight excluding hydrogens is 370 g/mol. The van der Waals surface area contributed by atoms with Crippen LogP contribution in [0.2, 0.25) is 0 Å². The first kappa shape index (κ1) is 20.1. The van der Waals surface area contributed by atoms with Crippen molar-refractivity contribution in [1.82, 2.24) is 24.6 Å². The fraction of sp³-hybridized carbons (Fsp3) is 0.333. The van der Waals surface area contributed by atoms with Gasteiger partial charge in [0.2, 0.25) is 5.91 Å². The lowest BCUT2D eigenvalue weighted by atomic mass is 10.2. The van der Waals surface area contributed by atoms with Gasteiger partial charge in [-0.3, -0.25) is 9.78 Å². The van der Waals surface area contributed by atoms with Crippen LogP contribution in [-0.4, -0.2) is 42.4 Å². The molecule has 7 heteroatoms. The zero-order chi connectivity index (χ0) is 19.9. The van der Waals surface area contributed by atoms with Crippen molar-refractivity contribution in [3.05, 3.63) is 60.4 Å². The van der Waals surface area contributed by atoms with Crippen LogP contribution in [0.5, 0.6) is 0 Å². The van der Waals surface area contributed by atoms with E-state index in [2.05, 4.69) is 22.1 Å². The third-order valence-corrected chi connectivity index (χ3v) is 5.58. The molecule has 0 fully saturated rings. The van der Waals surface area contributed by atoms with Gasteiger partial charge in [0.25, 0.3) is 0 Å². The second kappa shape index (κ2) is 9.50. The number of carbonyl (C=O) groups is 1. The van der Waals surface area contributed by atoms with Crippen LogP contribution in [0.3, 0.4) is 0 Å². The van der Waals surface area contributed by atoms with Gasteiger partial charge in [-0.2, -0.15) is 0 Å². The summed E-state index contributed by atoms with van der Waals surface area (Å²) in [6, 6.07) is 13.9. The minimum Gasteiger partial charge on any atom is -0.338 e. The van der Waals surface area contributed by atoms with Crippen LogP contribution >= 0.6 is 11.8 Å². The number of benzene rings is 1. The number of carbonyl (C=O) groups excluding carboxylic acids is 1. The van der Waals surface area contributed by atoms with Gasteiger partial charge >= 0.3 is 0 Å². The summed E-state index contributed by atoms with van der Waals surface area (Å²) < 4.78 is 2.04. The van der Waals surface area contributed by atoms with Gasteiger partial charge in [0, 0.05) is 37.6 Å². The number of aromatic nitrogens is 4. The minimum atomic E-state index is -0.247. The number of pyridine rings is 1. The molecule has 0 saturated heterocycles. The van der Waals surface area contributed by atoms with Gasteiger partial charge in [-0.15, -0.1) is 10.2 Å². The van der Waals surface area contributed by atoms with Crippen LogP contribution < -0.4 is 0 Å². The van der Waals surface area contributed by atoms with Gasteiger partial charge in [0.05, 0.1) is 5.25 Å². The number of amides is 1. The quantitative estimate of drug-likeness (QED) is 0.542. The Kier molecular flexibility index (Phi) is 6.81. The lowest BCUT2D eigenvalue weighted by Crippen LogP contribution is -2.36. The van der Waals surface area contributed by atoms with Crippen molar-refractivity contribution in [2.24, 2.45) is 0 Å². The fourth-order valence-corrected chi connectivity index (χ4v) is 3.99. The van der Waals surface area contributed by atoms with Crippen LogP contribution in [0.25, 0.3) is 11.4 Å². The Morgan fingerprint density at radius 3 is 2.46 bits per heavy atom. The molecule has 0 spiro atoms. The third kappa shape index (κ3) is 4.59. The van der Waals surface area contributed by atoms with E-state index < -0.39 is 0 Å². The first-order valence-corrected chi connectivity index (χ1v) is 10.3. The maximum absolute atomic E-state index is 13.0. The summed E-state index contributed by atoms with van der Waals surface area (Å²) in [6.45, 7) is 8.01. The molecule has 0 N–H and O–H groups in total. The maximum Gasteiger partial charge on any atom is 0.236 e. The largest absolute Gasteiger partial charge is 0.338 e. The number of thioether (sulfide) groups is 1. The Morgan fingerprint density at radius 1 is 1.11 bits per heavy atom. The Bertz CT molecular complexity index is 898. The molecule has 28 heavy (non-hydrogen) atoms. The first-order valence-electron chi connectivity index (χ1n) is 9.47. The average molecular weight is 396 g/mol. The Labute approximate surface area is 170 Å². The van der Waals surface area contributed by atoms with Crippen LogP contribution in [0.1, 0.15) is 26.3 Å². The molecule has 1 unspecified atom stereocenters. The van der Waals surface area contributed by atoms with Crippen LogP contribution in [0.4, 0.5) is 0 Å². The summed E-state index contributed by atoms with van der Waals surface area (Å²) >= 11 is 1.46. The summed E-state index contributed by atoms with van der Waals surface area (Å²) in [5.74, 6) is 0.899. The summed E-state index contributed by atoms with van der Waals surface area (Å²) in [7, 11) is 0. The molecule has 2 heterocycles. The molecular formula is C21H25N5OS. The normalized spacial score (nSPS) is 12.0. The van der Waals surface area contributed by atoms with E-state index in [9.17, 15) is 4.79 Å². The molecule has 2 aromatic heterocycles. The average Bonchev–Trinajstić information content (AvgIpc) is 3.15. The number of hydrogen-bond acceptors (Lipinski definition) is 5. The van der Waals surface area contributed by atoms with Gasteiger partial charge in [-0.1, -0.05) is 42.1 Å². The number of nitrogens with zero attached hydrogens (tertiary/aromatic N) is 5. The lowest BCUT2D eigenvalue weighted by molar-refractivity contribution is -0.130.